The van der Waals surface area contributed by atoms with Crippen LogP contribution in [0.25, 0.3) is 11.1 Å². The van der Waals surface area contributed by atoms with Gasteiger partial charge in [-0.2, -0.15) is 0 Å². The second kappa shape index (κ2) is 4.57. The molecule has 84 valence electrons. The summed E-state index contributed by atoms with van der Waals surface area (Å²) in [6.07, 6.45) is 0. The topological polar surface area (TPSA) is 63.3 Å². The van der Waals surface area contributed by atoms with E-state index in [1.807, 2.05) is 25.1 Å². The molecule has 1 aromatic carbocycles. The van der Waals surface area contributed by atoms with E-state index >= 15 is 0 Å². The largest absolute Gasteiger partial charge is 0.481 e. The number of fused-ring (bicyclic) bond motifs is 1. The summed E-state index contributed by atoms with van der Waals surface area (Å²) in [6, 6.07) is 5.77. The highest BCUT2D eigenvalue weighted by Crippen LogP contribution is 2.21. The maximum absolute atomic E-state index is 10.3. The van der Waals surface area contributed by atoms with E-state index in [0.29, 0.717) is 11.6 Å². The standard InChI is InChI=1S/C11H11NO3S/c1-7-3-2-4-8-11(7)15-9(12-8)5-16-6-10(13)14/h2-4H,5-6H2,1H3,(H,13,14). The monoisotopic (exact) mass is 237 g/mol. The molecule has 0 amide bonds. The maximum atomic E-state index is 10.3. The zero-order valence-corrected chi connectivity index (χ0v) is 9.58. The smallest absolute Gasteiger partial charge is 0.313 e. The zero-order valence-electron chi connectivity index (χ0n) is 8.77. The summed E-state index contributed by atoms with van der Waals surface area (Å²) in [7, 11) is 0. The van der Waals surface area contributed by atoms with Gasteiger partial charge in [0.25, 0.3) is 0 Å². The van der Waals surface area contributed by atoms with Gasteiger partial charge in [0, 0.05) is 0 Å². The molecule has 0 aliphatic heterocycles. The van der Waals surface area contributed by atoms with Crippen molar-refractivity contribution in [2.75, 3.05) is 5.75 Å². The SMILES string of the molecule is Cc1cccc2nc(CSCC(=O)O)oc12. The minimum absolute atomic E-state index is 0.0672. The van der Waals surface area contributed by atoms with Gasteiger partial charge < -0.3 is 9.52 Å². The number of hydrogen-bond acceptors (Lipinski definition) is 4. The Balaban J connectivity index is 2.14. The third kappa shape index (κ3) is 2.36. The van der Waals surface area contributed by atoms with E-state index in [4.69, 9.17) is 9.52 Å². The highest BCUT2D eigenvalue weighted by molar-refractivity contribution is 7.99. The minimum Gasteiger partial charge on any atom is -0.481 e. The van der Waals surface area contributed by atoms with Gasteiger partial charge in [-0.05, 0) is 18.6 Å². The first-order valence-corrected chi connectivity index (χ1v) is 5.97. The summed E-state index contributed by atoms with van der Waals surface area (Å²) in [5.74, 6) is 0.311. The minimum atomic E-state index is -0.822. The molecule has 1 N–H and O–H groups in total. The highest BCUT2D eigenvalue weighted by Gasteiger charge is 2.08. The van der Waals surface area contributed by atoms with Crippen molar-refractivity contribution >= 4 is 28.8 Å². The van der Waals surface area contributed by atoms with Gasteiger partial charge in [0.05, 0.1) is 11.5 Å². The van der Waals surface area contributed by atoms with Crippen LogP contribution in [0.15, 0.2) is 22.6 Å². The number of rotatable bonds is 4. The van der Waals surface area contributed by atoms with Crippen molar-refractivity contribution in [3.63, 3.8) is 0 Å². The number of oxazole rings is 1. The molecule has 0 aliphatic carbocycles. The predicted molar refractivity (Wildman–Crippen MR) is 62.5 cm³/mol. The van der Waals surface area contributed by atoms with Crippen LogP contribution in [-0.4, -0.2) is 21.8 Å². The highest BCUT2D eigenvalue weighted by atomic mass is 32.2. The van der Waals surface area contributed by atoms with E-state index in [0.717, 1.165) is 16.7 Å². The fourth-order valence-electron chi connectivity index (χ4n) is 1.42. The Morgan fingerprint density at radius 1 is 1.56 bits per heavy atom. The van der Waals surface area contributed by atoms with Crippen LogP contribution in [0.2, 0.25) is 0 Å². The normalized spacial score (nSPS) is 10.8. The first-order valence-electron chi connectivity index (χ1n) is 4.81. The van der Waals surface area contributed by atoms with Crippen LogP contribution >= 0.6 is 11.8 Å². The fourth-order valence-corrected chi connectivity index (χ4v) is 1.99. The van der Waals surface area contributed by atoms with Gasteiger partial charge in [-0.3, -0.25) is 4.79 Å². The number of benzene rings is 1. The fraction of sp³-hybridized carbons (Fsp3) is 0.273. The molecule has 0 bridgehead atoms. The number of thioether (sulfide) groups is 1. The first-order chi connectivity index (χ1) is 7.66. The summed E-state index contributed by atoms with van der Waals surface area (Å²) in [5.41, 5.74) is 2.65. The Bertz CT molecular complexity index is 521. The molecule has 4 nitrogen and oxygen atoms in total. The molecule has 0 atom stereocenters. The molecule has 0 fully saturated rings. The van der Waals surface area contributed by atoms with Crippen molar-refractivity contribution in [3.05, 3.63) is 29.7 Å². The molecule has 0 spiro atoms. The Morgan fingerprint density at radius 3 is 3.06 bits per heavy atom. The van der Waals surface area contributed by atoms with E-state index in [1.54, 1.807) is 0 Å². The molecular weight excluding hydrogens is 226 g/mol. The predicted octanol–water partition coefficient (Wildman–Crippen LogP) is 2.45. The van der Waals surface area contributed by atoms with Gasteiger partial charge >= 0.3 is 5.97 Å². The van der Waals surface area contributed by atoms with Crippen LogP contribution in [0.3, 0.4) is 0 Å². The van der Waals surface area contributed by atoms with E-state index in [2.05, 4.69) is 4.98 Å². The molecule has 0 unspecified atom stereocenters. The van der Waals surface area contributed by atoms with Crippen molar-refractivity contribution in [3.8, 4) is 0 Å². The Hall–Kier alpha value is -1.49. The first kappa shape index (κ1) is 11.0. The van der Waals surface area contributed by atoms with E-state index in [1.165, 1.54) is 11.8 Å². The molecule has 2 rings (SSSR count). The summed E-state index contributed by atoms with van der Waals surface area (Å²) in [6.45, 7) is 1.96. The number of carboxylic acids is 1. The summed E-state index contributed by atoms with van der Waals surface area (Å²) >= 11 is 1.28. The zero-order chi connectivity index (χ0) is 11.5. The van der Waals surface area contributed by atoms with Crippen LogP contribution < -0.4 is 0 Å². The number of para-hydroxylation sites is 1. The summed E-state index contributed by atoms with van der Waals surface area (Å²) in [4.78, 5) is 14.6. The van der Waals surface area contributed by atoms with Gasteiger partial charge in [-0.1, -0.05) is 12.1 Å². The average molecular weight is 237 g/mol. The number of aromatic nitrogens is 1. The van der Waals surface area contributed by atoms with E-state index in [9.17, 15) is 4.79 Å². The van der Waals surface area contributed by atoms with Crippen molar-refractivity contribution < 1.29 is 14.3 Å². The van der Waals surface area contributed by atoms with Crippen LogP contribution in [0.4, 0.5) is 0 Å². The Morgan fingerprint density at radius 2 is 2.38 bits per heavy atom. The molecule has 0 radical (unpaired) electrons. The van der Waals surface area contributed by atoms with Crippen LogP contribution in [0, 0.1) is 6.92 Å². The van der Waals surface area contributed by atoms with Gasteiger partial charge in [0.15, 0.2) is 5.58 Å². The molecule has 0 saturated carbocycles. The van der Waals surface area contributed by atoms with E-state index in [-0.39, 0.29) is 5.75 Å². The Kier molecular flexibility index (Phi) is 3.14. The van der Waals surface area contributed by atoms with Crippen molar-refractivity contribution in [1.29, 1.82) is 0 Å². The molecule has 1 heterocycles. The Labute approximate surface area is 96.7 Å². The third-order valence-corrected chi connectivity index (χ3v) is 3.01. The second-order valence-corrected chi connectivity index (χ2v) is 4.40. The van der Waals surface area contributed by atoms with Crippen molar-refractivity contribution in [2.24, 2.45) is 0 Å². The average Bonchev–Trinajstić information content (AvgIpc) is 2.61. The van der Waals surface area contributed by atoms with Crippen molar-refractivity contribution in [2.45, 2.75) is 12.7 Å². The summed E-state index contributed by atoms with van der Waals surface area (Å²) < 4.78 is 5.56. The number of carbonyl (C=O) groups is 1. The molecule has 1 aromatic heterocycles. The molecule has 0 aliphatic rings. The lowest BCUT2D eigenvalue weighted by atomic mass is 10.2. The molecule has 16 heavy (non-hydrogen) atoms. The van der Waals surface area contributed by atoms with Crippen LogP contribution in [0.5, 0.6) is 0 Å². The summed E-state index contributed by atoms with van der Waals surface area (Å²) in [5, 5.41) is 8.50. The van der Waals surface area contributed by atoms with E-state index < -0.39 is 5.97 Å². The molecule has 5 heteroatoms. The lowest BCUT2D eigenvalue weighted by Gasteiger charge is -1.92. The lowest BCUT2D eigenvalue weighted by Crippen LogP contribution is -1.98. The number of carboxylic acid groups (broad SMARTS) is 1. The van der Waals surface area contributed by atoms with Gasteiger partial charge in [-0.15, -0.1) is 11.8 Å². The number of nitrogens with zero attached hydrogens (tertiary/aromatic N) is 1. The molecular formula is C11H11NO3S. The lowest BCUT2D eigenvalue weighted by molar-refractivity contribution is -0.133. The number of aryl methyl sites for hydroxylation is 1. The number of hydrogen-bond donors (Lipinski definition) is 1. The van der Waals surface area contributed by atoms with Crippen LogP contribution in [-0.2, 0) is 10.5 Å². The second-order valence-electron chi connectivity index (χ2n) is 3.42. The maximum Gasteiger partial charge on any atom is 0.313 e. The van der Waals surface area contributed by atoms with Gasteiger partial charge in [0.1, 0.15) is 5.52 Å². The van der Waals surface area contributed by atoms with Crippen LogP contribution in [0.1, 0.15) is 11.5 Å². The third-order valence-electron chi connectivity index (χ3n) is 2.11. The quantitative estimate of drug-likeness (QED) is 0.884. The van der Waals surface area contributed by atoms with Gasteiger partial charge in [0.2, 0.25) is 5.89 Å². The van der Waals surface area contributed by atoms with Gasteiger partial charge in [-0.25, -0.2) is 4.98 Å². The molecule has 2 aromatic rings. The van der Waals surface area contributed by atoms with Crippen molar-refractivity contribution in [1.82, 2.24) is 4.98 Å². The number of aliphatic carboxylic acids is 1. The molecule has 0 saturated heterocycles.